The minimum atomic E-state index is -0.514. The normalized spacial score (nSPS) is 18.1. The zero-order chi connectivity index (χ0) is 24.4. The monoisotopic (exact) mass is 516 g/mol. The van der Waals surface area contributed by atoms with Crippen LogP contribution in [0.25, 0.3) is 0 Å². The van der Waals surface area contributed by atoms with Crippen molar-refractivity contribution in [2.75, 3.05) is 24.6 Å². The molecule has 3 aromatic rings. The van der Waals surface area contributed by atoms with Crippen molar-refractivity contribution in [1.82, 2.24) is 9.55 Å². The Labute approximate surface area is 213 Å². The van der Waals surface area contributed by atoms with Crippen molar-refractivity contribution in [3.8, 4) is 11.8 Å². The molecule has 8 nitrogen and oxygen atoms in total. The van der Waals surface area contributed by atoms with Crippen molar-refractivity contribution in [1.29, 1.82) is 0 Å². The summed E-state index contributed by atoms with van der Waals surface area (Å²) in [6.45, 7) is 3.01. The van der Waals surface area contributed by atoms with Gasteiger partial charge >= 0.3 is 11.8 Å². The minimum absolute atomic E-state index is 0.196. The molecule has 1 unspecified atom stereocenters. The van der Waals surface area contributed by atoms with Gasteiger partial charge in [-0.25, -0.2) is 0 Å². The summed E-state index contributed by atoms with van der Waals surface area (Å²) < 4.78 is 13.4. The maximum Gasteiger partial charge on any atom is 0.414 e. The summed E-state index contributed by atoms with van der Waals surface area (Å²) in [5, 5.41) is 12.1. The molecule has 0 saturated carbocycles. The molecule has 184 valence electrons. The van der Waals surface area contributed by atoms with Crippen LogP contribution in [0.2, 0.25) is 10.0 Å². The third-order valence-corrected chi connectivity index (χ3v) is 7.38. The van der Waals surface area contributed by atoms with E-state index in [9.17, 15) is 10.1 Å². The Kier molecular flexibility index (Phi) is 7.02. The van der Waals surface area contributed by atoms with Gasteiger partial charge in [-0.1, -0.05) is 29.3 Å². The minimum Gasteiger partial charge on any atom is -0.490 e. The van der Waals surface area contributed by atoms with Gasteiger partial charge in [0.15, 0.2) is 0 Å². The predicted molar refractivity (Wildman–Crippen MR) is 135 cm³/mol. The molecule has 0 amide bonds. The first-order chi connectivity index (χ1) is 16.9. The zero-order valence-electron chi connectivity index (χ0n) is 19.1. The highest BCUT2D eigenvalue weighted by Crippen LogP contribution is 2.30. The Balaban J connectivity index is 1.09. The van der Waals surface area contributed by atoms with Crippen LogP contribution in [0, 0.1) is 16.0 Å². The molecule has 0 bridgehead atoms. The van der Waals surface area contributed by atoms with Gasteiger partial charge in [-0.05, 0) is 72.1 Å². The molecular formula is C25H26Cl2N4O4. The number of anilines is 1. The van der Waals surface area contributed by atoms with E-state index < -0.39 is 4.92 Å². The number of hydrogen-bond donors (Lipinski definition) is 0. The van der Waals surface area contributed by atoms with Gasteiger partial charge in [0.25, 0.3) is 0 Å². The van der Waals surface area contributed by atoms with Crippen LogP contribution in [0.15, 0.2) is 48.7 Å². The maximum absolute atomic E-state index is 10.9. The molecule has 1 atom stereocenters. The van der Waals surface area contributed by atoms with Crippen molar-refractivity contribution >= 4 is 34.7 Å². The van der Waals surface area contributed by atoms with Crippen LogP contribution < -0.4 is 14.4 Å². The first-order valence-electron chi connectivity index (χ1n) is 11.7. The first kappa shape index (κ1) is 23.8. The van der Waals surface area contributed by atoms with Crippen LogP contribution in [0.4, 0.5) is 11.5 Å². The van der Waals surface area contributed by atoms with E-state index in [1.165, 1.54) is 17.4 Å². The van der Waals surface area contributed by atoms with E-state index in [0.717, 1.165) is 38.1 Å². The van der Waals surface area contributed by atoms with Gasteiger partial charge in [0.05, 0.1) is 10.0 Å². The maximum atomic E-state index is 10.9. The summed E-state index contributed by atoms with van der Waals surface area (Å²) in [4.78, 5) is 16.7. The zero-order valence-corrected chi connectivity index (χ0v) is 20.6. The molecule has 2 aliphatic heterocycles. The molecule has 1 aromatic heterocycles. The van der Waals surface area contributed by atoms with Gasteiger partial charge in [0, 0.05) is 36.7 Å². The number of hydrogen-bond acceptors (Lipinski definition) is 6. The van der Waals surface area contributed by atoms with Gasteiger partial charge in [-0.2, -0.15) is 0 Å². The average Bonchev–Trinajstić information content (AvgIpc) is 3.30. The second kappa shape index (κ2) is 10.3. The van der Waals surface area contributed by atoms with Crippen LogP contribution in [0.5, 0.6) is 11.8 Å². The molecule has 1 saturated heterocycles. The number of ether oxygens (including phenoxy) is 2. The van der Waals surface area contributed by atoms with Crippen molar-refractivity contribution in [2.24, 2.45) is 5.92 Å². The summed E-state index contributed by atoms with van der Waals surface area (Å²) in [6, 6.07) is 14.3. The molecule has 5 rings (SSSR count). The lowest BCUT2D eigenvalue weighted by molar-refractivity contribution is -0.389. The predicted octanol–water partition coefficient (Wildman–Crippen LogP) is 5.79. The molecule has 10 heteroatoms. The first-order valence-corrected chi connectivity index (χ1v) is 12.5. The SMILES string of the molecule is O=[N+]([O-])c1cn2c(n1)OC(COc1ccc(N3CCC(Cc4ccc(Cl)c(Cl)c4)CC3)cc1)CC2. The van der Waals surface area contributed by atoms with E-state index in [-0.39, 0.29) is 17.9 Å². The van der Waals surface area contributed by atoms with Crippen LogP contribution >= 0.6 is 23.2 Å². The van der Waals surface area contributed by atoms with E-state index >= 15 is 0 Å². The van der Waals surface area contributed by atoms with Gasteiger partial charge in [0.2, 0.25) is 0 Å². The topological polar surface area (TPSA) is 82.7 Å². The lowest BCUT2D eigenvalue weighted by Gasteiger charge is -2.34. The van der Waals surface area contributed by atoms with Crippen molar-refractivity contribution in [2.45, 2.75) is 38.3 Å². The molecule has 0 spiro atoms. The van der Waals surface area contributed by atoms with Crippen LogP contribution in [-0.2, 0) is 13.0 Å². The smallest absolute Gasteiger partial charge is 0.414 e. The van der Waals surface area contributed by atoms with Crippen molar-refractivity contribution < 1.29 is 14.4 Å². The average molecular weight is 517 g/mol. The molecule has 0 aliphatic carbocycles. The number of benzene rings is 2. The number of imidazole rings is 1. The fraction of sp³-hybridized carbons (Fsp3) is 0.400. The summed E-state index contributed by atoms with van der Waals surface area (Å²) in [7, 11) is 0. The number of aromatic nitrogens is 2. The highest BCUT2D eigenvalue weighted by atomic mass is 35.5. The van der Waals surface area contributed by atoms with E-state index in [1.807, 2.05) is 24.3 Å². The van der Waals surface area contributed by atoms with Crippen LogP contribution in [0.1, 0.15) is 24.8 Å². The Morgan fingerprint density at radius 1 is 1.06 bits per heavy atom. The van der Waals surface area contributed by atoms with Crippen molar-refractivity contribution in [3.63, 3.8) is 0 Å². The number of fused-ring (bicyclic) bond motifs is 1. The number of aryl methyl sites for hydroxylation is 1. The number of nitrogens with zero attached hydrogens (tertiary/aromatic N) is 4. The summed E-state index contributed by atoms with van der Waals surface area (Å²) >= 11 is 12.2. The van der Waals surface area contributed by atoms with Crippen LogP contribution in [-0.4, -0.2) is 40.3 Å². The second-order valence-corrected chi connectivity index (χ2v) is 9.86. The highest BCUT2D eigenvalue weighted by Gasteiger charge is 2.28. The molecule has 3 heterocycles. The van der Waals surface area contributed by atoms with Gasteiger partial charge in [-0.15, -0.1) is 0 Å². The summed E-state index contributed by atoms with van der Waals surface area (Å²) in [5.41, 5.74) is 2.43. The van der Waals surface area contributed by atoms with Gasteiger partial charge in [0.1, 0.15) is 24.7 Å². The highest BCUT2D eigenvalue weighted by molar-refractivity contribution is 6.42. The van der Waals surface area contributed by atoms with Crippen LogP contribution in [0.3, 0.4) is 0 Å². The van der Waals surface area contributed by atoms with Gasteiger partial charge < -0.3 is 24.5 Å². The third kappa shape index (κ3) is 5.65. The van der Waals surface area contributed by atoms with E-state index in [4.69, 9.17) is 32.7 Å². The number of rotatable bonds is 7. The van der Waals surface area contributed by atoms with E-state index in [2.05, 4.69) is 28.1 Å². The lowest BCUT2D eigenvalue weighted by Crippen LogP contribution is -2.34. The Hall–Kier alpha value is -2.97. The van der Waals surface area contributed by atoms with E-state index in [1.54, 1.807) is 4.57 Å². The summed E-state index contributed by atoms with van der Waals surface area (Å²) in [6.07, 6.45) is 5.20. The molecule has 35 heavy (non-hydrogen) atoms. The fourth-order valence-corrected chi connectivity index (χ4v) is 4.99. The lowest BCUT2D eigenvalue weighted by atomic mass is 9.90. The molecule has 1 fully saturated rings. The Morgan fingerprint density at radius 3 is 2.54 bits per heavy atom. The Morgan fingerprint density at radius 2 is 1.83 bits per heavy atom. The molecule has 2 aliphatic rings. The molecule has 2 aromatic carbocycles. The number of piperidine rings is 1. The quantitative estimate of drug-likeness (QED) is 0.292. The standard InChI is InChI=1S/C25H26Cl2N4O4/c26-22-6-1-18(14-23(22)27)13-17-7-10-29(11-8-17)19-2-4-20(5-3-19)34-16-21-9-12-30-15-24(31(32)33)28-25(30)35-21/h1-6,14-15,17,21H,7-13,16H2. The van der Waals surface area contributed by atoms with E-state index in [0.29, 0.717) is 35.5 Å². The fourth-order valence-electron chi connectivity index (χ4n) is 4.67. The summed E-state index contributed by atoms with van der Waals surface area (Å²) in [5.74, 6) is 1.21. The molecule has 0 N–H and O–H groups in total. The van der Waals surface area contributed by atoms with Crippen molar-refractivity contribution in [3.05, 3.63) is 74.4 Å². The third-order valence-electron chi connectivity index (χ3n) is 6.64. The molecular weight excluding hydrogens is 491 g/mol. The Bertz CT molecular complexity index is 1190. The largest absolute Gasteiger partial charge is 0.490 e. The number of nitro groups is 1. The van der Waals surface area contributed by atoms with Gasteiger partial charge in [-0.3, -0.25) is 4.57 Å². The second-order valence-electron chi connectivity index (χ2n) is 9.05. The number of halogens is 2. The molecule has 0 radical (unpaired) electrons.